The van der Waals surface area contributed by atoms with Crippen LogP contribution < -0.4 is 11.5 Å². The highest BCUT2D eigenvalue weighted by atomic mass is 14.7. The van der Waals surface area contributed by atoms with Crippen LogP contribution in [0.15, 0.2) is 24.3 Å². The minimum atomic E-state index is -0.0267. The number of benzene rings is 1. The number of hydrogen-bond donors (Lipinski definition) is 2. The van der Waals surface area contributed by atoms with E-state index in [1.54, 1.807) is 0 Å². The molecule has 1 aromatic carbocycles. The van der Waals surface area contributed by atoms with Crippen molar-refractivity contribution in [2.45, 2.75) is 25.8 Å². The number of nitrogens with two attached hydrogens (primary N) is 2. The predicted octanol–water partition coefficient (Wildman–Crippen LogP) is 1.77. The molecule has 0 saturated heterocycles. The van der Waals surface area contributed by atoms with Crippen LogP contribution in [0.1, 0.15) is 36.9 Å². The van der Waals surface area contributed by atoms with Crippen LogP contribution in [-0.2, 0) is 0 Å². The molecule has 0 amide bonds. The first-order valence-electron chi connectivity index (χ1n) is 4.70. The summed E-state index contributed by atoms with van der Waals surface area (Å²) in [6, 6.07) is 8.34. The molecule has 4 N–H and O–H groups in total. The topological polar surface area (TPSA) is 52.0 Å². The lowest BCUT2D eigenvalue weighted by Crippen LogP contribution is -2.20. The molecule has 0 spiro atoms. The maximum Gasteiger partial charge on any atom is 0.0419 e. The molecule has 0 aromatic heterocycles. The number of hydrogen-bond acceptors (Lipinski definition) is 2. The van der Waals surface area contributed by atoms with Crippen LogP contribution in [0.4, 0.5) is 0 Å². The van der Waals surface area contributed by atoms with Crippen molar-refractivity contribution in [2.75, 3.05) is 6.54 Å². The Labute approximate surface area is 79.9 Å². The summed E-state index contributed by atoms with van der Waals surface area (Å²) in [5, 5.41) is 0. The van der Waals surface area contributed by atoms with Gasteiger partial charge >= 0.3 is 0 Å². The van der Waals surface area contributed by atoms with Crippen molar-refractivity contribution in [3.05, 3.63) is 35.4 Å². The van der Waals surface area contributed by atoms with Crippen LogP contribution in [-0.4, -0.2) is 6.54 Å². The molecule has 0 heterocycles. The Hall–Kier alpha value is -0.860. The van der Waals surface area contributed by atoms with Gasteiger partial charge in [0.2, 0.25) is 0 Å². The van der Waals surface area contributed by atoms with Crippen molar-refractivity contribution in [1.29, 1.82) is 0 Å². The van der Waals surface area contributed by atoms with Gasteiger partial charge in [-0.3, -0.25) is 0 Å². The van der Waals surface area contributed by atoms with Crippen LogP contribution >= 0.6 is 0 Å². The highest BCUT2D eigenvalue weighted by molar-refractivity contribution is 5.26. The first-order chi connectivity index (χ1) is 6.15. The molecule has 0 saturated carbocycles. The summed E-state index contributed by atoms with van der Waals surface area (Å²) < 4.78 is 0. The van der Waals surface area contributed by atoms with Crippen LogP contribution in [0, 0.1) is 0 Å². The third kappa shape index (κ3) is 2.54. The largest absolute Gasteiger partial charge is 0.329 e. The molecule has 2 nitrogen and oxygen atoms in total. The van der Waals surface area contributed by atoms with E-state index in [4.69, 9.17) is 11.5 Å². The summed E-state index contributed by atoms with van der Waals surface area (Å²) in [5.74, 6) is 0.572. The summed E-state index contributed by atoms with van der Waals surface area (Å²) in [7, 11) is 0. The zero-order chi connectivity index (χ0) is 9.84. The highest BCUT2D eigenvalue weighted by Gasteiger charge is 2.03. The Balaban J connectivity index is 2.81. The molecule has 0 unspecified atom stereocenters. The second-order valence-electron chi connectivity index (χ2n) is 3.66. The smallest absolute Gasteiger partial charge is 0.0419 e. The van der Waals surface area contributed by atoms with Gasteiger partial charge in [-0.05, 0) is 17.0 Å². The maximum atomic E-state index is 5.80. The van der Waals surface area contributed by atoms with Gasteiger partial charge in [0.15, 0.2) is 0 Å². The summed E-state index contributed by atoms with van der Waals surface area (Å²) in [6.07, 6.45) is 0. The Morgan fingerprint density at radius 1 is 1.08 bits per heavy atom. The molecule has 0 aliphatic heterocycles. The second kappa shape index (κ2) is 4.40. The Morgan fingerprint density at radius 2 is 1.54 bits per heavy atom. The van der Waals surface area contributed by atoms with Gasteiger partial charge in [-0.25, -0.2) is 0 Å². The predicted molar refractivity (Wildman–Crippen MR) is 56.5 cm³/mol. The van der Waals surface area contributed by atoms with Crippen LogP contribution in [0.2, 0.25) is 0 Å². The monoisotopic (exact) mass is 178 g/mol. The Kier molecular flexibility index (Phi) is 3.46. The molecule has 2 heteroatoms. The molecule has 1 aromatic rings. The lowest BCUT2D eigenvalue weighted by atomic mass is 9.99. The fraction of sp³-hybridized carbons (Fsp3) is 0.455. The molecule has 0 fully saturated rings. The zero-order valence-corrected chi connectivity index (χ0v) is 8.33. The average molecular weight is 178 g/mol. The molecule has 0 aliphatic rings. The van der Waals surface area contributed by atoms with Crippen molar-refractivity contribution >= 4 is 0 Å². The quantitative estimate of drug-likeness (QED) is 0.741. The zero-order valence-electron chi connectivity index (χ0n) is 8.33. The van der Waals surface area contributed by atoms with E-state index in [9.17, 15) is 0 Å². The van der Waals surface area contributed by atoms with Crippen LogP contribution in [0.25, 0.3) is 0 Å². The van der Waals surface area contributed by atoms with Crippen molar-refractivity contribution in [1.82, 2.24) is 0 Å². The van der Waals surface area contributed by atoms with E-state index in [0.29, 0.717) is 12.5 Å². The van der Waals surface area contributed by atoms with Gasteiger partial charge in [-0.2, -0.15) is 0 Å². The van der Waals surface area contributed by atoms with Crippen molar-refractivity contribution in [2.24, 2.45) is 11.5 Å². The van der Waals surface area contributed by atoms with E-state index < -0.39 is 0 Å². The van der Waals surface area contributed by atoms with Gasteiger partial charge in [0, 0.05) is 12.6 Å². The number of rotatable bonds is 3. The van der Waals surface area contributed by atoms with Gasteiger partial charge < -0.3 is 11.5 Å². The molecule has 1 rings (SSSR count). The van der Waals surface area contributed by atoms with E-state index in [-0.39, 0.29) is 6.04 Å². The lowest BCUT2D eigenvalue weighted by molar-refractivity contribution is 0.735. The molecule has 0 radical (unpaired) electrons. The fourth-order valence-electron chi connectivity index (χ4n) is 1.26. The van der Waals surface area contributed by atoms with Crippen LogP contribution in [0.5, 0.6) is 0 Å². The minimum absolute atomic E-state index is 0.0267. The second-order valence-corrected chi connectivity index (χ2v) is 3.66. The Morgan fingerprint density at radius 3 is 1.92 bits per heavy atom. The third-order valence-corrected chi connectivity index (χ3v) is 2.29. The molecular weight excluding hydrogens is 160 g/mol. The summed E-state index contributed by atoms with van der Waals surface area (Å²) in [5.41, 5.74) is 13.7. The Bertz CT molecular complexity index is 251. The molecule has 1 atom stereocenters. The minimum Gasteiger partial charge on any atom is -0.329 e. The molecule has 0 bridgehead atoms. The van der Waals surface area contributed by atoms with Gasteiger partial charge in [0.25, 0.3) is 0 Å². The first-order valence-corrected chi connectivity index (χ1v) is 4.70. The maximum absolute atomic E-state index is 5.80. The van der Waals surface area contributed by atoms with Gasteiger partial charge in [0.1, 0.15) is 0 Å². The van der Waals surface area contributed by atoms with E-state index in [1.807, 2.05) is 0 Å². The summed E-state index contributed by atoms with van der Waals surface area (Å²) in [6.45, 7) is 4.86. The molecule has 13 heavy (non-hydrogen) atoms. The SMILES string of the molecule is CC(C)c1ccc([C@@H](N)CN)cc1. The first kappa shape index (κ1) is 10.2. The lowest BCUT2D eigenvalue weighted by Gasteiger charge is -2.11. The summed E-state index contributed by atoms with van der Waals surface area (Å²) >= 11 is 0. The van der Waals surface area contributed by atoms with Gasteiger partial charge in [0.05, 0.1) is 0 Å². The molecular formula is C11H18N2. The standard InChI is InChI=1S/C11H18N2/c1-8(2)9-3-5-10(6-4-9)11(13)7-12/h3-6,8,11H,7,12-13H2,1-2H3/t11-/m0/s1. The third-order valence-electron chi connectivity index (χ3n) is 2.29. The fourth-order valence-corrected chi connectivity index (χ4v) is 1.26. The molecule has 0 aliphatic carbocycles. The van der Waals surface area contributed by atoms with E-state index in [1.165, 1.54) is 5.56 Å². The average Bonchev–Trinajstić information content (AvgIpc) is 2.17. The normalized spacial score (nSPS) is 13.3. The van der Waals surface area contributed by atoms with E-state index in [0.717, 1.165) is 5.56 Å². The van der Waals surface area contributed by atoms with Crippen molar-refractivity contribution in [3.8, 4) is 0 Å². The van der Waals surface area contributed by atoms with Crippen molar-refractivity contribution in [3.63, 3.8) is 0 Å². The highest BCUT2D eigenvalue weighted by Crippen LogP contribution is 2.16. The van der Waals surface area contributed by atoms with Crippen molar-refractivity contribution < 1.29 is 0 Å². The van der Waals surface area contributed by atoms with E-state index >= 15 is 0 Å². The van der Waals surface area contributed by atoms with Crippen LogP contribution in [0.3, 0.4) is 0 Å². The molecule has 72 valence electrons. The summed E-state index contributed by atoms with van der Waals surface area (Å²) in [4.78, 5) is 0. The van der Waals surface area contributed by atoms with Gasteiger partial charge in [-0.15, -0.1) is 0 Å². The van der Waals surface area contributed by atoms with Gasteiger partial charge in [-0.1, -0.05) is 38.1 Å². The van der Waals surface area contributed by atoms with E-state index in [2.05, 4.69) is 38.1 Å².